The van der Waals surface area contributed by atoms with Gasteiger partial charge in [-0.25, -0.2) is 4.68 Å². The minimum Gasteiger partial charge on any atom is -0.384 e. The first-order chi connectivity index (χ1) is 9.29. The number of aromatic nitrogens is 3. The Bertz CT molecular complexity index is 462. The average Bonchev–Trinajstić information content (AvgIpc) is 2.92. The molecule has 7 nitrogen and oxygen atoms in total. The monoisotopic (exact) mass is 266 g/mol. The predicted molar refractivity (Wildman–Crippen MR) is 65.3 cm³/mol. The van der Waals surface area contributed by atoms with Crippen molar-refractivity contribution in [2.75, 3.05) is 26.8 Å². The maximum Gasteiger partial charge on any atom is 0.224 e. The second-order valence-corrected chi connectivity index (χ2v) is 4.96. The number of ether oxygens (including phenoxy) is 2. The predicted octanol–water partition coefficient (Wildman–Crippen LogP) is -0.0132. The molecule has 2 aliphatic heterocycles. The van der Waals surface area contributed by atoms with E-state index in [1.165, 1.54) is 0 Å². The van der Waals surface area contributed by atoms with Gasteiger partial charge in [-0.2, -0.15) is 0 Å². The molecule has 1 amide bonds. The smallest absolute Gasteiger partial charge is 0.224 e. The second kappa shape index (κ2) is 5.26. The topological polar surface area (TPSA) is 69.5 Å². The van der Waals surface area contributed by atoms with Gasteiger partial charge in [-0.1, -0.05) is 5.21 Å². The van der Waals surface area contributed by atoms with Gasteiger partial charge in [0.15, 0.2) is 0 Å². The summed E-state index contributed by atoms with van der Waals surface area (Å²) < 4.78 is 12.7. The van der Waals surface area contributed by atoms with Crippen molar-refractivity contribution < 1.29 is 14.3 Å². The van der Waals surface area contributed by atoms with Crippen LogP contribution in [0.4, 0.5) is 0 Å². The number of methoxy groups -OCH3 is 1. The summed E-state index contributed by atoms with van der Waals surface area (Å²) in [6.45, 7) is 2.37. The zero-order chi connectivity index (χ0) is 13.2. The number of carbonyl (C=O) groups excluding carboxylic acids is 1. The lowest BCUT2D eigenvalue weighted by molar-refractivity contribution is -0.140. The van der Waals surface area contributed by atoms with Crippen LogP contribution in [0, 0.1) is 0 Å². The van der Waals surface area contributed by atoms with Gasteiger partial charge in [0.1, 0.15) is 0 Å². The van der Waals surface area contributed by atoms with Gasteiger partial charge in [0, 0.05) is 20.2 Å². The quantitative estimate of drug-likeness (QED) is 0.769. The Kier molecular flexibility index (Phi) is 3.48. The molecule has 3 rings (SSSR count). The van der Waals surface area contributed by atoms with Gasteiger partial charge in [0.05, 0.1) is 43.7 Å². The SMILES string of the molecule is COCCC(=O)N1CC[C@H]2[C@H](C1)OCc1cnnn12. The molecule has 0 radical (unpaired) electrons. The lowest BCUT2D eigenvalue weighted by Crippen LogP contribution is -2.50. The molecule has 2 aliphatic rings. The molecule has 1 saturated heterocycles. The van der Waals surface area contributed by atoms with Crippen LogP contribution in [0.2, 0.25) is 0 Å². The molecular formula is C12H18N4O3. The van der Waals surface area contributed by atoms with E-state index in [1.807, 2.05) is 9.58 Å². The Hall–Kier alpha value is -1.47. The molecule has 2 atom stereocenters. The molecular weight excluding hydrogens is 248 g/mol. The van der Waals surface area contributed by atoms with E-state index in [1.54, 1.807) is 13.3 Å². The van der Waals surface area contributed by atoms with Crippen molar-refractivity contribution >= 4 is 5.91 Å². The first kappa shape index (κ1) is 12.6. The number of amides is 1. The van der Waals surface area contributed by atoms with Crippen molar-refractivity contribution in [2.24, 2.45) is 0 Å². The van der Waals surface area contributed by atoms with E-state index in [4.69, 9.17) is 9.47 Å². The molecule has 0 aliphatic carbocycles. The zero-order valence-electron chi connectivity index (χ0n) is 11.0. The van der Waals surface area contributed by atoms with Crippen molar-refractivity contribution in [3.63, 3.8) is 0 Å². The summed E-state index contributed by atoms with van der Waals surface area (Å²) in [5, 5.41) is 8.05. The normalized spacial score (nSPS) is 25.8. The fourth-order valence-electron chi connectivity index (χ4n) is 2.76. The van der Waals surface area contributed by atoms with Gasteiger partial charge in [0.2, 0.25) is 5.91 Å². The number of hydrogen-bond donors (Lipinski definition) is 0. The van der Waals surface area contributed by atoms with Crippen molar-refractivity contribution in [1.82, 2.24) is 19.9 Å². The number of rotatable bonds is 3. The number of fused-ring (bicyclic) bond motifs is 3. The van der Waals surface area contributed by atoms with Gasteiger partial charge in [-0.3, -0.25) is 4.79 Å². The van der Waals surface area contributed by atoms with Gasteiger partial charge in [0.25, 0.3) is 0 Å². The third kappa shape index (κ3) is 2.35. The molecule has 0 aromatic carbocycles. The van der Waals surface area contributed by atoms with E-state index in [-0.39, 0.29) is 18.1 Å². The molecule has 0 N–H and O–H groups in total. The van der Waals surface area contributed by atoms with Crippen molar-refractivity contribution in [3.05, 3.63) is 11.9 Å². The highest BCUT2D eigenvalue weighted by Gasteiger charge is 2.37. The minimum atomic E-state index is 0.0226. The van der Waals surface area contributed by atoms with Crippen molar-refractivity contribution in [3.8, 4) is 0 Å². The lowest BCUT2D eigenvalue weighted by Gasteiger charge is -2.41. The van der Waals surface area contributed by atoms with Crippen molar-refractivity contribution in [2.45, 2.75) is 31.6 Å². The Morgan fingerprint density at radius 3 is 3.37 bits per heavy atom. The molecule has 3 heterocycles. The second-order valence-electron chi connectivity index (χ2n) is 4.96. The molecule has 104 valence electrons. The van der Waals surface area contributed by atoms with E-state index in [2.05, 4.69) is 10.3 Å². The number of hydrogen-bond acceptors (Lipinski definition) is 5. The summed E-state index contributed by atoms with van der Waals surface area (Å²) >= 11 is 0. The molecule has 0 unspecified atom stereocenters. The standard InChI is InChI=1S/C12H18N4O3/c1-18-5-3-12(17)15-4-2-10-11(7-15)19-8-9-6-13-14-16(9)10/h6,10-11H,2-5,7-8H2,1H3/t10-,11-/m0/s1. The van der Waals surface area contributed by atoms with Crippen molar-refractivity contribution in [1.29, 1.82) is 0 Å². The zero-order valence-corrected chi connectivity index (χ0v) is 11.0. The lowest BCUT2D eigenvalue weighted by atomic mass is 10.00. The first-order valence-corrected chi connectivity index (χ1v) is 6.57. The van der Waals surface area contributed by atoms with Gasteiger partial charge < -0.3 is 14.4 Å². The third-order valence-electron chi connectivity index (χ3n) is 3.81. The highest BCUT2D eigenvalue weighted by Crippen LogP contribution is 2.30. The van der Waals surface area contributed by atoms with E-state index < -0.39 is 0 Å². The maximum atomic E-state index is 12.0. The van der Waals surface area contributed by atoms with Gasteiger partial charge in [-0.15, -0.1) is 5.10 Å². The van der Waals surface area contributed by atoms with E-state index >= 15 is 0 Å². The number of carbonyl (C=O) groups is 1. The van der Waals surface area contributed by atoms with Crippen LogP contribution >= 0.6 is 0 Å². The molecule has 0 spiro atoms. The van der Waals surface area contributed by atoms with Crippen LogP contribution in [-0.4, -0.2) is 58.7 Å². The van der Waals surface area contributed by atoms with Crippen LogP contribution in [0.15, 0.2) is 6.20 Å². The van der Waals surface area contributed by atoms with E-state index in [9.17, 15) is 4.79 Å². The summed E-state index contributed by atoms with van der Waals surface area (Å²) in [4.78, 5) is 13.8. The van der Waals surface area contributed by atoms with Crippen LogP contribution in [-0.2, 0) is 20.9 Å². The molecule has 1 aromatic rings. The number of likely N-dealkylation sites (tertiary alicyclic amines) is 1. The molecule has 0 saturated carbocycles. The maximum absolute atomic E-state index is 12.0. The summed E-state index contributed by atoms with van der Waals surface area (Å²) in [5.41, 5.74) is 1.01. The summed E-state index contributed by atoms with van der Waals surface area (Å²) in [5.74, 6) is 0.133. The molecule has 0 bridgehead atoms. The highest BCUT2D eigenvalue weighted by molar-refractivity contribution is 5.76. The third-order valence-corrected chi connectivity index (χ3v) is 3.81. The Balaban J connectivity index is 1.65. The summed E-state index contributed by atoms with van der Waals surface area (Å²) in [7, 11) is 1.61. The summed E-state index contributed by atoms with van der Waals surface area (Å²) in [6.07, 6.45) is 3.06. The minimum absolute atomic E-state index is 0.0226. The highest BCUT2D eigenvalue weighted by atomic mass is 16.5. The molecule has 19 heavy (non-hydrogen) atoms. The van der Waals surface area contributed by atoms with Crippen LogP contribution < -0.4 is 0 Å². The molecule has 7 heteroatoms. The van der Waals surface area contributed by atoms with Gasteiger partial charge in [-0.05, 0) is 6.42 Å². The van der Waals surface area contributed by atoms with Gasteiger partial charge >= 0.3 is 0 Å². The largest absolute Gasteiger partial charge is 0.384 e. The average molecular weight is 266 g/mol. The summed E-state index contributed by atoms with van der Waals surface area (Å²) in [6, 6.07) is 0.206. The fourth-order valence-corrected chi connectivity index (χ4v) is 2.76. The first-order valence-electron chi connectivity index (χ1n) is 6.57. The van der Waals surface area contributed by atoms with Crippen LogP contribution in [0.3, 0.4) is 0 Å². The van der Waals surface area contributed by atoms with Crippen LogP contribution in [0.1, 0.15) is 24.6 Å². The number of nitrogens with zero attached hydrogens (tertiary/aromatic N) is 4. The van der Waals surface area contributed by atoms with Crippen LogP contribution in [0.5, 0.6) is 0 Å². The Morgan fingerprint density at radius 1 is 1.63 bits per heavy atom. The Morgan fingerprint density at radius 2 is 2.53 bits per heavy atom. The van der Waals surface area contributed by atoms with E-state index in [0.717, 1.165) is 18.7 Å². The molecule has 1 aromatic heterocycles. The van der Waals surface area contributed by atoms with E-state index in [0.29, 0.717) is 26.2 Å². The van der Waals surface area contributed by atoms with Crippen LogP contribution in [0.25, 0.3) is 0 Å². The Labute approximate surface area is 111 Å². The fraction of sp³-hybridized carbons (Fsp3) is 0.750. The number of piperidine rings is 1. The molecule has 1 fully saturated rings.